The van der Waals surface area contributed by atoms with E-state index in [1.54, 1.807) is 19.2 Å². The first-order valence-electron chi connectivity index (χ1n) is 5.68. The molecule has 1 aromatic carbocycles. The van der Waals surface area contributed by atoms with Crippen molar-refractivity contribution in [2.75, 3.05) is 7.11 Å². The van der Waals surface area contributed by atoms with Crippen molar-refractivity contribution in [3.05, 3.63) is 52.0 Å². The van der Waals surface area contributed by atoms with Gasteiger partial charge in [0.2, 0.25) is 0 Å². The Morgan fingerprint density at radius 3 is 2.79 bits per heavy atom. The van der Waals surface area contributed by atoms with Crippen LogP contribution in [-0.2, 0) is 6.61 Å². The van der Waals surface area contributed by atoms with E-state index in [1.807, 2.05) is 13.0 Å². The predicted octanol–water partition coefficient (Wildman–Crippen LogP) is 3.88. The van der Waals surface area contributed by atoms with Gasteiger partial charge in [-0.1, -0.05) is 0 Å². The Morgan fingerprint density at radius 1 is 1.26 bits per heavy atom. The van der Waals surface area contributed by atoms with Gasteiger partial charge in [0, 0.05) is 23.9 Å². The normalized spacial score (nSPS) is 10.3. The number of nitrogens with zero attached hydrogens (tertiary/aromatic N) is 1. The topological polar surface area (TPSA) is 31.4 Å². The van der Waals surface area contributed by atoms with Crippen LogP contribution in [0.3, 0.4) is 0 Å². The van der Waals surface area contributed by atoms with Gasteiger partial charge < -0.3 is 9.47 Å². The summed E-state index contributed by atoms with van der Waals surface area (Å²) in [4.78, 5) is 4.33. The van der Waals surface area contributed by atoms with Crippen molar-refractivity contribution in [2.45, 2.75) is 13.5 Å². The van der Waals surface area contributed by atoms with Gasteiger partial charge in [-0.05, 0) is 35.0 Å². The lowest BCUT2D eigenvalue weighted by Crippen LogP contribution is -2.01. The second-order valence-electron chi connectivity index (χ2n) is 4.00. The van der Waals surface area contributed by atoms with Gasteiger partial charge >= 0.3 is 0 Å². The summed E-state index contributed by atoms with van der Waals surface area (Å²) in [6, 6.07) is 7.93. The van der Waals surface area contributed by atoms with E-state index < -0.39 is 0 Å². The number of hydrogen-bond donors (Lipinski definition) is 0. The number of benzene rings is 1. The first-order chi connectivity index (χ1) is 9.08. The Kier molecular flexibility index (Phi) is 4.37. The zero-order valence-electron chi connectivity index (χ0n) is 10.6. The summed E-state index contributed by atoms with van der Waals surface area (Å²) in [7, 11) is 1.60. The Morgan fingerprint density at radius 2 is 2.05 bits per heavy atom. The highest BCUT2D eigenvalue weighted by Gasteiger charge is 2.05. The van der Waals surface area contributed by atoms with Gasteiger partial charge in [0.1, 0.15) is 23.9 Å². The monoisotopic (exact) mass is 325 g/mol. The van der Waals surface area contributed by atoms with Gasteiger partial charge in [0.25, 0.3) is 0 Å². The number of ether oxygens (including phenoxy) is 2. The molecule has 0 radical (unpaired) electrons. The number of aromatic nitrogens is 1. The van der Waals surface area contributed by atoms with E-state index in [9.17, 15) is 4.39 Å². The van der Waals surface area contributed by atoms with E-state index in [4.69, 9.17) is 9.47 Å². The van der Waals surface area contributed by atoms with E-state index in [1.165, 1.54) is 12.1 Å². The Hall–Kier alpha value is -1.62. The molecule has 0 aliphatic heterocycles. The van der Waals surface area contributed by atoms with Crippen LogP contribution in [0.1, 0.15) is 11.4 Å². The number of pyridine rings is 1. The lowest BCUT2D eigenvalue weighted by atomic mass is 10.3. The molecule has 0 aliphatic rings. The maximum absolute atomic E-state index is 13.1. The minimum Gasteiger partial charge on any atom is -0.497 e. The molecule has 1 aromatic heterocycles. The van der Waals surface area contributed by atoms with Gasteiger partial charge in [-0.25, -0.2) is 4.39 Å². The van der Waals surface area contributed by atoms with Crippen molar-refractivity contribution >= 4 is 15.9 Å². The third kappa shape index (κ3) is 3.67. The van der Waals surface area contributed by atoms with Crippen LogP contribution in [0.4, 0.5) is 4.39 Å². The minimum absolute atomic E-state index is 0.250. The van der Waals surface area contributed by atoms with Gasteiger partial charge in [0.05, 0.1) is 17.3 Å². The van der Waals surface area contributed by atoms with Crippen LogP contribution < -0.4 is 9.47 Å². The van der Waals surface area contributed by atoms with E-state index in [2.05, 4.69) is 20.9 Å². The van der Waals surface area contributed by atoms with Gasteiger partial charge in [-0.2, -0.15) is 0 Å². The van der Waals surface area contributed by atoms with Gasteiger partial charge in [-0.15, -0.1) is 0 Å². The molecule has 0 aliphatic carbocycles. The quantitative estimate of drug-likeness (QED) is 0.854. The molecule has 5 heteroatoms. The molecule has 0 saturated heterocycles. The number of methoxy groups -OCH3 is 1. The fourth-order valence-electron chi connectivity index (χ4n) is 1.63. The van der Waals surface area contributed by atoms with Crippen molar-refractivity contribution in [3.63, 3.8) is 0 Å². The van der Waals surface area contributed by atoms with Crippen molar-refractivity contribution in [2.24, 2.45) is 0 Å². The second kappa shape index (κ2) is 6.02. The smallest absolute Gasteiger partial charge is 0.136 e. The van der Waals surface area contributed by atoms with Crippen LogP contribution in [0.25, 0.3) is 0 Å². The molecule has 0 bridgehead atoms. The van der Waals surface area contributed by atoms with Crippen molar-refractivity contribution < 1.29 is 13.9 Å². The van der Waals surface area contributed by atoms with Crippen LogP contribution in [0.15, 0.2) is 34.8 Å². The van der Waals surface area contributed by atoms with Crippen molar-refractivity contribution in [1.82, 2.24) is 4.98 Å². The first-order valence-corrected chi connectivity index (χ1v) is 6.47. The molecule has 0 saturated carbocycles. The number of hydrogen-bond acceptors (Lipinski definition) is 3. The molecule has 0 unspecified atom stereocenters. The third-order valence-electron chi connectivity index (χ3n) is 2.48. The summed E-state index contributed by atoms with van der Waals surface area (Å²) in [6.45, 7) is 2.13. The highest BCUT2D eigenvalue weighted by molar-refractivity contribution is 9.10. The zero-order valence-corrected chi connectivity index (χ0v) is 12.2. The highest BCUT2D eigenvalue weighted by Crippen LogP contribution is 2.26. The maximum Gasteiger partial charge on any atom is 0.136 e. The average molecular weight is 326 g/mol. The standard InChI is InChI=1S/C14H13BrFNO2/c1-9-5-12(18-2)7-11(17-9)8-19-14-6-10(16)3-4-13(14)15/h3-7H,8H2,1-2H3. The zero-order chi connectivity index (χ0) is 13.8. The summed E-state index contributed by atoms with van der Waals surface area (Å²) in [5, 5.41) is 0. The molecule has 0 amide bonds. The first kappa shape index (κ1) is 13.8. The molecule has 19 heavy (non-hydrogen) atoms. The van der Waals surface area contributed by atoms with Gasteiger partial charge in [-0.3, -0.25) is 4.98 Å². The van der Waals surface area contributed by atoms with Crippen LogP contribution in [-0.4, -0.2) is 12.1 Å². The predicted molar refractivity (Wildman–Crippen MR) is 74.0 cm³/mol. The van der Waals surface area contributed by atoms with Crippen LogP contribution in [0, 0.1) is 12.7 Å². The van der Waals surface area contributed by atoms with Crippen molar-refractivity contribution in [3.8, 4) is 11.5 Å². The molecule has 0 N–H and O–H groups in total. The summed E-state index contributed by atoms with van der Waals surface area (Å²) in [5.41, 5.74) is 1.57. The van der Waals surface area contributed by atoms with E-state index >= 15 is 0 Å². The maximum atomic E-state index is 13.1. The molecule has 2 aromatic rings. The van der Waals surface area contributed by atoms with Crippen molar-refractivity contribution in [1.29, 1.82) is 0 Å². The van der Waals surface area contributed by atoms with E-state index in [-0.39, 0.29) is 12.4 Å². The Labute approximate surface area is 119 Å². The Balaban J connectivity index is 2.14. The molecule has 3 nitrogen and oxygen atoms in total. The lowest BCUT2D eigenvalue weighted by molar-refractivity contribution is 0.296. The number of halogens is 2. The second-order valence-corrected chi connectivity index (χ2v) is 4.86. The average Bonchev–Trinajstić information content (AvgIpc) is 2.39. The molecular formula is C14H13BrFNO2. The largest absolute Gasteiger partial charge is 0.497 e. The molecule has 0 atom stereocenters. The number of aryl methyl sites for hydroxylation is 1. The molecular weight excluding hydrogens is 313 g/mol. The molecule has 2 rings (SSSR count). The van der Waals surface area contributed by atoms with Crippen LogP contribution >= 0.6 is 15.9 Å². The Bertz CT molecular complexity index is 590. The van der Waals surface area contributed by atoms with E-state index in [0.717, 1.165) is 17.1 Å². The summed E-state index contributed by atoms with van der Waals surface area (Å²) < 4.78 is 24.5. The highest BCUT2D eigenvalue weighted by atomic mass is 79.9. The number of rotatable bonds is 4. The molecule has 1 heterocycles. The molecule has 0 fully saturated rings. The van der Waals surface area contributed by atoms with E-state index in [0.29, 0.717) is 10.2 Å². The fourth-order valence-corrected chi connectivity index (χ4v) is 2.00. The third-order valence-corrected chi connectivity index (χ3v) is 3.14. The lowest BCUT2D eigenvalue weighted by Gasteiger charge is -2.09. The summed E-state index contributed by atoms with van der Waals surface area (Å²) >= 11 is 3.31. The fraction of sp³-hybridized carbons (Fsp3) is 0.214. The summed E-state index contributed by atoms with van der Waals surface area (Å²) in [6.07, 6.45) is 0. The van der Waals surface area contributed by atoms with Gasteiger partial charge in [0.15, 0.2) is 0 Å². The minimum atomic E-state index is -0.340. The van der Waals surface area contributed by atoms with Crippen LogP contribution in [0.2, 0.25) is 0 Å². The summed E-state index contributed by atoms with van der Waals surface area (Å²) in [5.74, 6) is 0.833. The molecule has 100 valence electrons. The SMILES string of the molecule is COc1cc(C)nc(COc2cc(F)ccc2Br)c1. The molecule has 0 spiro atoms. The van der Waals surface area contributed by atoms with Crippen LogP contribution in [0.5, 0.6) is 11.5 Å².